The van der Waals surface area contributed by atoms with Gasteiger partial charge in [-0.05, 0) is 39.0 Å². The van der Waals surface area contributed by atoms with E-state index in [1.54, 1.807) is 0 Å². The molecule has 0 spiro atoms. The van der Waals surface area contributed by atoms with Crippen LogP contribution in [0.3, 0.4) is 0 Å². The summed E-state index contributed by atoms with van der Waals surface area (Å²) in [6.45, 7) is 10.5. The molecule has 1 heterocycles. The van der Waals surface area contributed by atoms with Gasteiger partial charge in [-0.3, -0.25) is 9.69 Å². The third kappa shape index (κ3) is 3.48. The zero-order chi connectivity index (χ0) is 14.0. The first kappa shape index (κ1) is 14.8. The van der Waals surface area contributed by atoms with E-state index in [4.69, 9.17) is 5.73 Å². The van der Waals surface area contributed by atoms with Crippen LogP contribution in [0, 0.1) is 11.8 Å². The van der Waals surface area contributed by atoms with Gasteiger partial charge in [0.25, 0.3) is 0 Å². The Morgan fingerprint density at radius 2 is 1.79 bits per heavy atom. The minimum atomic E-state index is 0.223. The summed E-state index contributed by atoms with van der Waals surface area (Å²) < 4.78 is 0. The Balaban J connectivity index is 1.84. The Bertz CT molecular complexity index is 311. The summed E-state index contributed by atoms with van der Waals surface area (Å²) in [6.07, 6.45) is 2.96. The molecule has 4 nitrogen and oxygen atoms in total. The van der Waals surface area contributed by atoms with Crippen molar-refractivity contribution in [3.05, 3.63) is 0 Å². The summed E-state index contributed by atoms with van der Waals surface area (Å²) in [5.41, 5.74) is 6.04. The molecule has 2 N–H and O–H groups in total. The lowest BCUT2D eigenvalue weighted by Gasteiger charge is -2.40. The number of amides is 1. The van der Waals surface area contributed by atoms with Crippen LogP contribution in [0.1, 0.15) is 40.0 Å². The molecule has 4 heteroatoms. The molecule has 0 radical (unpaired) electrons. The molecule has 1 saturated heterocycles. The molecule has 1 aliphatic carbocycles. The summed E-state index contributed by atoms with van der Waals surface area (Å²) in [7, 11) is 0. The molecule has 2 fully saturated rings. The predicted octanol–water partition coefficient (Wildman–Crippen LogP) is 1.30. The van der Waals surface area contributed by atoms with Gasteiger partial charge in [-0.2, -0.15) is 0 Å². The first-order valence-electron chi connectivity index (χ1n) is 7.77. The lowest BCUT2D eigenvalue weighted by Crippen LogP contribution is -2.53. The van der Waals surface area contributed by atoms with Gasteiger partial charge in [-0.1, -0.05) is 6.92 Å². The number of carbonyl (C=O) groups is 1. The first-order chi connectivity index (χ1) is 8.99. The Labute approximate surface area is 117 Å². The number of rotatable bonds is 2. The normalized spacial score (nSPS) is 33.7. The molecule has 2 aliphatic rings. The summed E-state index contributed by atoms with van der Waals surface area (Å²) >= 11 is 0. The molecule has 0 aromatic rings. The molecule has 3 atom stereocenters. The molecular weight excluding hydrogens is 238 g/mol. The quantitative estimate of drug-likeness (QED) is 0.820. The number of hydrogen-bond acceptors (Lipinski definition) is 3. The average Bonchev–Trinajstić information content (AvgIpc) is 2.41. The Kier molecular flexibility index (Phi) is 4.85. The van der Waals surface area contributed by atoms with Crippen LogP contribution in [0.15, 0.2) is 0 Å². The summed E-state index contributed by atoms with van der Waals surface area (Å²) in [5.74, 6) is 1.09. The molecule has 3 unspecified atom stereocenters. The largest absolute Gasteiger partial charge is 0.340 e. The van der Waals surface area contributed by atoms with E-state index in [0.29, 0.717) is 23.9 Å². The van der Waals surface area contributed by atoms with Crippen LogP contribution in [0.2, 0.25) is 0 Å². The van der Waals surface area contributed by atoms with E-state index in [-0.39, 0.29) is 5.92 Å². The van der Waals surface area contributed by atoms with Crippen molar-refractivity contribution in [1.29, 1.82) is 0 Å². The lowest BCUT2D eigenvalue weighted by atomic mass is 9.78. The monoisotopic (exact) mass is 267 g/mol. The number of hydrogen-bond donors (Lipinski definition) is 1. The van der Waals surface area contributed by atoms with E-state index in [0.717, 1.165) is 45.4 Å². The molecule has 1 amide bonds. The van der Waals surface area contributed by atoms with Gasteiger partial charge in [0.05, 0.1) is 0 Å². The SMILES string of the molecule is CC1CC(C(=O)N2CCN(C(C)C)CC2)CCC1N. The Morgan fingerprint density at radius 3 is 2.32 bits per heavy atom. The van der Waals surface area contributed by atoms with Crippen LogP contribution in [-0.4, -0.2) is 54.0 Å². The van der Waals surface area contributed by atoms with Crippen molar-refractivity contribution < 1.29 is 4.79 Å². The van der Waals surface area contributed by atoms with Crippen LogP contribution < -0.4 is 5.73 Å². The lowest BCUT2D eigenvalue weighted by molar-refractivity contribution is -0.139. The Morgan fingerprint density at radius 1 is 1.16 bits per heavy atom. The Hall–Kier alpha value is -0.610. The van der Waals surface area contributed by atoms with Crippen molar-refractivity contribution >= 4 is 5.91 Å². The maximum atomic E-state index is 12.5. The van der Waals surface area contributed by atoms with Crippen molar-refractivity contribution in [2.75, 3.05) is 26.2 Å². The zero-order valence-electron chi connectivity index (χ0n) is 12.6. The van der Waals surface area contributed by atoms with Crippen LogP contribution in [-0.2, 0) is 4.79 Å². The van der Waals surface area contributed by atoms with Crippen molar-refractivity contribution in [1.82, 2.24) is 9.80 Å². The number of nitrogens with zero attached hydrogens (tertiary/aromatic N) is 2. The molecule has 110 valence electrons. The van der Waals surface area contributed by atoms with E-state index in [1.165, 1.54) is 0 Å². The molecule has 0 aromatic heterocycles. The minimum absolute atomic E-state index is 0.223. The average molecular weight is 267 g/mol. The van der Waals surface area contributed by atoms with Crippen molar-refractivity contribution in [2.24, 2.45) is 17.6 Å². The van der Waals surface area contributed by atoms with E-state index < -0.39 is 0 Å². The maximum absolute atomic E-state index is 12.5. The highest BCUT2D eigenvalue weighted by Gasteiger charge is 2.33. The minimum Gasteiger partial charge on any atom is -0.340 e. The molecular formula is C15H29N3O. The molecule has 2 rings (SSSR count). The summed E-state index contributed by atoms with van der Waals surface area (Å²) in [5, 5.41) is 0. The van der Waals surface area contributed by atoms with Gasteiger partial charge in [0.15, 0.2) is 0 Å². The second-order valence-corrected chi connectivity index (χ2v) is 6.61. The van der Waals surface area contributed by atoms with E-state index >= 15 is 0 Å². The highest BCUT2D eigenvalue weighted by molar-refractivity contribution is 5.79. The van der Waals surface area contributed by atoms with Gasteiger partial charge in [-0.25, -0.2) is 0 Å². The van der Waals surface area contributed by atoms with Crippen molar-refractivity contribution in [2.45, 2.75) is 52.1 Å². The van der Waals surface area contributed by atoms with Crippen LogP contribution in [0.4, 0.5) is 0 Å². The molecule has 0 bridgehead atoms. The van der Waals surface area contributed by atoms with Gasteiger partial charge in [0.2, 0.25) is 5.91 Å². The van der Waals surface area contributed by atoms with Gasteiger partial charge in [0, 0.05) is 44.2 Å². The fourth-order valence-electron chi connectivity index (χ4n) is 3.36. The first-order valence-corrected chi connectivity index (χ1v) is 7.77. The van der Waals surface area contributed by atoms with Gasteiger partial charge >= 0.3 is 0 Å². The summed E-state index contributed by atoms with van der Waals surface area (Å²) in [6, 6.07) is 0.881. The van der Waals surface area contributed by atoms with Gasteiger partial charge in [0.1, 0.15) is 0 Å². The standard InChI is InChI=1S/C15H29N3O/c1-11(2)17-6-8-18(9-7-17)15(19)13-4-5-14(16)12(3)10-13/h11-14H,4-10,16H2,1-3H3. The number of piperazine rings is 1. The maximum Gasteiger partial charge on any atom is 0.225 e. The van der Waals surface area contributed by atoms with Crippen LogP contribution in [0.25, 0.3) is 0 Å². The van der Waals surface area contributed by atoms with Crippen molar-refractivity contribution in [3.8, 4) is 0 Å². The van der Waals surface area contributed by atoms with Gasteiger partial charge < -0.3 is 10.6 Å². The van der Waals surface area contributed by atoms with Crippen LogP contribution in [0.5, 0.6) is 0 Å². The van der Waals surface area contributed by atoms with E-state index in [1.807, 2.05) is 0 Å². The zero-order valence-corrected chi connectivity index (χ0v) is 12.6. The fourth-order valence-corrected chi connectivity index (χ4v) is 3.36. The molecule has 19 heavy (non-hydrogen) atoms. The summed E-state index contributed by atoms with van der Waals surface area (Å²) in [4.78, 5) is 17.1. The predicted molar refractivity (Wildman–Crippen MR) is 77.8 cm³/mol. The van der Waals surface area contributed by atoms with Crippen molar-refractivity contribution in [3.63, 3.8) is 0 Å². The van der Waals surface area contributed by atoms with E-state index in [9.17, 15) is 4.79 Å². The van der Waals surface area contributed by atoms with E-state index in [2.05, 4.69) is 30.6 Å². The topological polar surface area (TPSA) is 49.6 Å². The third-order valence-electron chi connectivity index (χ3n) is 4.94. The second-order valence-electron chi connectivity index (χ2n) is 6.61. The fraction of sp³-hybridized carbons (Fsp3) is 0.933. The highest BCUT2D eigenvalue weighted by Crippen LogP contribution is 2.29. The molecule has 1 aliphatic heterocycles. The van der Waals surface area contributed by atoms with Crippen LogP contribution >= 0.6 is 0 Å². The second kappa shape index (κ2) is 6.23. The number of carbonyl (C=O) groups excluding carboxylic acids is 1. The molecule has 1 saturated carbocycles. The van der Waals surface area contributed by atoms with Gasteiger partial charge in [-0.15, -0.1) is 0 Å². The smallest absolute Gasteiger partial charge is 0.225 e. The highest BCUT2D eigenvalue weighted by atomic mass is 16.2. The third-order valence-corrected chi connectivity index (χ3v) is 4.94. The molecule has 0 aromatic carbocycles. The number of nitrogens with two attached hydrogens (primary N) is 1.